The zero-order valence-corrected chi connectivity index (χ0v) is 15.0. The summed E-state index contributed by atoms with van der Waals surface area (Å²) < 4.78 is 77.3. The Labute approximate surface area is 152 Å². The lowest BCUT2D eigenvalue weighted by Crippen LogP contribution is -2.34. The quantitative estimate of drug-likeness (QED) is 0.541. The van der Waals surface area contributed by atoms with Gasteiger partial charge in [0.05, 0.1) is 23.4 Å². The number of phenols is 1. The lowest BCUT2D eigenvalue weighted by Gasteiger charge is -2.26. The minimum absolute atomic E-state index is 0.0420. The van der Waals surface area contributed by atoms with Crippen LogP contribution in [0.1, 0.15) is 25.0 Å². The fourth-order valence-corrected chi connectivity index (χ4v) is 2.03. The number of nitrogens with zero attached hydrogens (tertiary/aromatic N) is 2. The van der Waals surface area contributed by atoms with Gasteiger partial charge in [-0.1, -0.05) is 13.8 Å². The van der Waals surface area contributed by atoms with Crippen LogP contribution in [0.25, 0.3) is 0 Å². The van der Waals surface area contributed by atoms with Crippen molar-refractivity contribution >= 4 is 12.1 Å². The van der Waals surface area contributed by atoms with Crippen LogP contribution < -0.4 is 4.90 Å². The minimum atomic E-state index is -5.17. The zero-order valence-electron chi connectivity index (χ0n) is 15.0. The van der Waals surface area contributed by atoms with Gasteiger partial charge in [-0.15, -0.1) is 0 Å². The number of alkyl halides is 6. The number of hydrogen-bond acceptors (Lipinski definition) is 4. The highest BCUT2D eigenvalue weighted by Crippen LogP contribution is 2.44. The summed E-state index contributed by atoms with van der Waals surface area (Å²) in [5.74, 6) is -1.33. The van der Waals surface area contributed by atoms with Gasteiger partial charge in [0.25, 0.3) is 0 Å². The Morgan fingerprint density at radius 1 is 1.00 bits per heavy atom. The van der Waals surface area contributed by atoms with Crippen molar-refractivity contribution in [2.75, 3.05) is 38.2 Å². The molecule has 1 aromatic carbocycles. The molecule has 156 valence electrons. The predicted octanol–water partition coefficient (Wildman–Crippen LogP) is 3.34. The van der Waals surface area contributed by atoms with Gasteiger partial charge < -0.3 is 20.0 Å². The number of aromatic hydroxyl groups is 1. The monoisotopic (exact) mass is 404 g/mol. The second-order valence-corrected chi connectivity index (χ2v) is 5.17. The van der Waals surface area contributed by atoms with Gasteiger partial charge in [-0.2, -0.15) is 26.3 Å². The molecular weight excluding hydrogens is 382 g/mol. The van der Waals surface area contributed by atoms with Crippen LogP contribution in [-0.2, 0) is 17.1 Å². The summed E-state index contributed by atoms with van der Waals surface area (Å²) in [6, 6.07) is 0.248. The SMILES string of the molecule is CC.CN(CCN(C=O)CCO)c1cc(C(F)(F)F)cc(C(F)(F)F)c1O. The number of benzene rings is 1. The first-order valence-corrected chi connectivity index (χ1v) is 7.94. The molecule has 0 aliphatic carbocycles. The first-order chi connectivity index (χ1) is 12.4. The molecule has 27 heavy (non-hydrogen) atoms. The Morgan fingerprint density at radius 3 is 1.96 bits per heavy atom. The van der Waals surface area contributed by atoms with Crippen LogP contribution in [-0.4, -0.2) is 54.8 Å². The Hall–Kier alpha value is -2.17. The number of anilines is 1. The topological polar surface area (TPSA) is 64.0 Å². The van der Waals surface area contributed by atoms with Gasteiger partial charge in [-0.25, -0.2) is 0 Å². The zero-order chi connectivity index (χ0) is 21.4. The highest BCUT2D eigenvalue weighted by molar-refractivity contribution is 5.64. The van der Waals surface area contributed by atoms with Gasteiger partial charge in [0.1, 0.15) is 0 Å². The molecule has 1 aromatic rings. The molecule has 5 nitrogen and oxygen atoms in total. The molecule has 1 rings (SSSR count). The van der Waals surface area contributed by atoms with Crippen molar-refractivity contribution in [1.82, 2.24) is 4.90 Å². The maximum Gasteiger partial charge on any atom is 0.420 e. The number of halogens is 6. The van der Waals surface area contributed by atoms with Crippen LogP contribution in [0, 0.1) is 0 Å². The van der Waals surface area contributed by atoms with Crippen molar-refractivity contribution < 1.29 is 41.4 Å². The first kappa shape index (κ1) is 24.8. The van der Waals surface area contributed by atoms with Gasteiger partial charge in [0.15, 0.2) is 5.75 Å². The van der Waals surface area contributed by atoms with E-state index >= 15 is 0 Å². The van der Waals surface area contributed by atoms with Crippen LogP contribution in [0.3, 0.4) is 0 Å². The lowest BCUT2D eigenvalue weighted by molar-refractivity contribution is -0.143. The second-order valence-electron chi connectivity index (χ2n) is 5.17. The molecule has 0 bridgehead atoms. The van der Waals surface area contributed by atoms with Gasteiger partial charge in [-0.05, 0) is 12.1 Å². The van der Waals surface area contributed by atoms with Gasteiger partial charge in [0.2, 0.25) is 6.41 Å². The molecule has 0 spiro atoms. The molecule has 0 radical (unpaired) electrons. The van der Waals surface area contributed by atoms with Crippen molar-refractivity contribution in [3.63, 3.8) is 0 Å². The number of carbonyl (C=O) groups is 1. The van der Waals surface area contributed by atoms with Gasteiger partial charge >= 0.3 is 12.4 Å². The van der Waals surface area contributed by atoms with Crippen molar-refractivity contribution in [3.05, 3.63) is 23.3 Å². The molecule has 0 heterocycles. The van der Waals surface area contributed by atoms with Crippen LogP contribution in [0.4, 0.5) is 32.0 Å². The summed E-state index contributed by atoms with van der Waals surface area (Å²) in [6.45, 7) is 3.37. The number of amides is 1. The van der Waals surface area contributed by atoms with E-state index in [0.29, 0.717) is 12.5 Å². The second kappa shape index (κ2) is 10.2. The van der Waals surface area contributed by atoms with E-state index in [-0.39, 0.29) is 32.3 Å². The van der Waals surface area contributed by atoms with Crippen LogP contribution in [0.15, 0.2) is 12.1 Å². The number of aliphatic hydroxyl groups is 1. The van der Waals surface area contributed by atoms with E-state index in [4.69, 9.17) is 5.11 Å². The molecule has 0 aliphatic rings. The number of carbonyl (C=O) groups excluding carboxylic acids is 1. The van der Waals surface area contributed by atoms with E-state index in [1.807, 2.05) is 13.8 Å². The normalized spacial score (nSPS) is 11.5. The van der Waals surface area contributed by atoms with Crippen LogP contribution in [0.5, 0.6) is 5.75 Å². The third-order valence-corrected chi connectivity index (χ3v) is 3.39. The van der Waals surface area contributed by atoms with E-state index in [1.54, 1.807) is 0 Å². The number of likely N-dealkylation sites (N-methyl/N-ethyl adjacent to an activating group) is 1. The summed E-state index contributed by atoms with van der Waals surface area (Å²) in [4.78, 5) is 12.8. The fourth-order valence-electron chi connectivity index (χ4n) is 2.03. The molecule has 0 atom stereocenters. The van der Waals surface area contributed by atoms with Crippen LogP contribution in [0.2, 0.25) is 0 Å². The Kier molecular flexibility index (Phi) is 9.42. The van der Waals surface area contributed by atoms with Crippen molar-refractivity contribution in [3.8, 4) is 5.75 Å². The average Bonchev–Trinajstić information content (AvgIpc) is 2.58. The summed E-state index contributed by atoms with van der Waals surface area (Å²) in [6.07, 6.45) is -9.82. The largest absolute Gasteiger partial charge is 0.505 e. The Balaban J connectivity index is 0.00000326. The highest BCUT2D eigenvalue weighted by Gasteiger charge is 2.40. The molecule has 0 aliphatic heterocycles. The average molecular weight is 404 g/mol. The number of aliphatic hydroxyl groups excluding tert-OH is 1. The molecule has 1 amide bonds. The van der Waals surface area contributed by atoms with Crippen molar-refractivity contribution in [1.29, 1.82) is 0 Å². The van der Waals surface area contributed by atoms with Gasteiger partial charge in [0, 0.05) is 26.7 Å². The number of hydrogen-bond donors (Lipinski definition) is 2. The van der Waals surface area contributed by atoms with Crippen molar-refractivity contribution in [2.45, 2.75) is 26.2 Å². The van der Waals surface area contributed by atoms with Crippen molar-refractivity contribution in [2.24, 2.45) is 0 Å². The summed E-state index contributed by atoms with van der Waals surface area (Å²) in [5, 5.41) is 18.5. The molecule has 0 fully saturated rings. The molecule has 11 heteroatoms. The third-order valence-electron chi connectivity index (χ3n) is 3.39. The smallest absolute Gasteiger partial charge is 0.420 e. The Morgan fingerprint density at radius 2 is 1.56 bits per heavy atom. The lowest BCUT2D eigenvalue weighted by atomic mass is 10.1. The maximum atomic E-state index is 12.9. The summed E-state index contributed by atoms with van der Waals surface area (Å²) in [7, 11) is 1.18. The van der Waals surface area contributed by atoms with E-state index in [2.05, 4.69) is 0 Å². The molecule has 2 N–H and O–H groups in total. The molecular formula is C16H22F6N2O3. The third kappa shape index (κ3) is 7.16. The van der Waals surface area contributed by atoms with E-state index in [1.165, 1.54) is 7.05 Å². The van der Waals surface area contributed by atoms with E-state index in [0.717, 1.165) is 9.80 Å². The summed E-state index contributed by atoms with van der Waals surface area (Å²) >= 11 is 0. The molecule has 0 unspecified atom stereocenters. The number of rotatable bonds is 7. The summed E-state index contributed by atoms with van der Waals surface area (Å²) in [5.41, 5.74) is -4.02. The van der Waals surface area contributed by atoms with E-state index < -0.39 is 34.9 Å². The Bertz CT molecular complexity index is 605. The fraction of sp³-hybridized carbons (Fsp3) is 0.562. The van der Waals surface area contributed by atoms with E-state index in [9.17, 15) is 36.2 Å². The van der Waals surface area contributed by atoms with Gasteiger partial charge in [-0.3, -0.25) is 4.79 Å². The highest BCUT2D eigenvalue weighted by atomic mass is 19.4. The number of phenolic OH excluding ortho intramolecular Hbond substituents is 1. The molecule has 0 aromatic heterocycles. The standard InChI is InChI=1S/C14H16F6N2O3.C2H6/c1-21(2-3-22(8-24)4-5-23)11-7-9(13(15,16)17)6-10(12(11)25)14(18,19)20;1-2/h6-8,23,25H,2-5H2,1H3;1-2H3. The minimum Gasteiger partial charge on any atom is -0.505 e. The molecule has 0 saturated heterocycles. The van der Waals surface area contributed by atoms with Crippen LogP contribution >= 0.6 is 0 Å². The first-order valence-electron chi connectivity index (χ1n) is 7.94. The molecule has 0 saturated carbocycles. The predicted molar refractivity (Wildman–Crippen MR) is 87.5 cm³/mol. The maximum absolute atomic E-state index is 12.9.